The molecule has 0 aliphatic carbocycles. The summed E-state index contributed by atoms with van der Waals surface area (Å²) < 4.78 is 0.0955. The molecule has 1 rings (SSSR count). The lowest BCUT2D eigenvalue weighted by molar-refractivity contribution is 0.449. The zero-order valence-electron chi connectivity index (χ0n) is 8.57. The maximum absolute atomic E-state index is 11.4. The Kier molecular flexibility index (Phi) is 3.79. The number of aromatic nitrogens is 2. The molecule has 0 saturated carbocycles. The van der Waals surface area contributed by atoms with E-state index in [1.165, 1.54) is 6.21 Å². The molecule has 1 aromatic rings. The molecule has 6 heteroatoms. The van der Waals surface area contributed by atoms with E-state index in [-0.39, 0.29) is 22.3 Å². The van der Waals surface area contributed by atoms with Crippen molar-refractivity contribution in [1.82, 2.24) is 9.97 Å². The summed E-state index contributed by atoms with van der Waals surface area (Å²) in [4.78, 5) is 20.3. The Labute approximate surface area is 91.9 Å². The van der Waals surface area contributed by atoms with Gasteiger partial charge in [0.15, 0.2) is 4.77 Å². The first-order chi connectivity index (χ1) is 7.04. The van der Waals surface area contributed by atoms with Crippen molar-refractivity contribution < 1.29 is 5.11 Å². The fourth-order valence-corrected chi connectivity index (χ4v) is 1.10. The summed E-state index contributed by atoms with van der Waals surface area (Å²) in [6, 6.07) is 0.118. The van der Waals surface area contributed by atoms with Crippen LogP contribution in [0.1, 0.15) is 25.8 Å². The van der Waals surface area contributed by atoms with Crippen LogP contribution in [0.5, 0.6) is 5.88 Å². The Balaban J connectivity index is 3.11. The molecule has 0 aromatic carbocycles. The van der Waals surface area contributed by atoms with Gasteiger partial charge < -0.3 is 10.1 Å². The molecular formula is C9H13N3O2S. The van der Waals surface area contributed by atoms with Gasteiger partial charge in [0.1, 0.15) is 5.56 Å². The predicted molar refractivity (Wildman–Crippen MR) is 61.3 cm³/mol. The molecule has 0 aliphatic rings. The molecule has 0 radical (unpaired) electrons. The van der Waals surface area contributed by atoms with Gasteiger partial charge in [-0.05, 0) is 25.6 Å². The molecule has 15 heavy (non-hydrogen) atoms. The number of aliphatic imine (C=N–C) groups is 1. The van der Waals surface area contributed by atoms with Crippen molar-refractivity contribution in [3.63, 3.8) is 0 Å². The number of hydrogen-bond acceptors (Lipinski definition) is 4. The lowest BCUT2D eigenvalue weighted by Gasteiger charge is -2.00. The predicted octanol–water partition coefficient (Wildman–Crippen LogP) is 1.36. The Morgan fingerprint density at radius 2 is 2.27 bits per heavy atom. The monoisotopic (exact) mass is 227 g/mol. The van der Waals surface area contributed by atoms with Crippen LogP contribution in [0.3, 0.4) is 0 Å². The zero-order chi connectivity index (χ0) is 11.4. The normalized spacial score (nSPS) is 13.2. The van der Waals surface area contributed by atoms with Crippen LogP contribution in [0.15, 0.2) is 9.79 Å². The Morgan fingerprint density at radius 3 is 2.80 bits per heavy atom. The van der Waals surface area contributed by atoms with Crippen molar-refractivity contribution in [2.75, 3.05) is 0 Å². The third-order valence-electron chi connectivity index (χ3n) is 2.01. The molecule has 1 aromatic heterocycles. The number of aromatic amines is 2. The Morgan fingerprint density at radius 1 is 1.60 bits per heavy atom. The van der Waals surface area contributed by atoms with Crippen molar-refractivity contribution in [2.45, 2.75) is 26.3 Å². The molecule has 0 fully saturated rings. The number of aromatic hydroxyl groups is 1. The van der Waals surface area contributed by atoms with E-state index in [1.807, 2.05) is 13.8 Å². The van der Waals surface area contributed by atoms with Crippen LogP contribution in [0, 0.1) is 4.77 Å². The fraction of sp³-hybridized carbons (Fsp3) is 0.444. The first-order valence-corrected chi connectivity index (χ1v) is 5.04. The van der Waals surface area contributed by atoms with Gasteiger partial charge in [-0.25, -0.2) is 0 Å². The summed E-state index contributed by atoms with van der Waals surface area (Å²) in [6.45, 7) is 3.91. The summed E-state index contributed by atoms with van der Waals surface area (Å²) in [5.41, 5.74) is -0.341. The maximum Gasteiger partial charge on any atom is 0.264 e. The van der Waals surface area contributed by atoms with Gasteiger partial charge in [0, 0.05) is 12.3 Å². The molecular weight excluding hydrogens is 214 g/mol. The van der Waals surface area contributed by atoms with E-state index in [0.29, 0.717) is 0 Å². The molecule has 0 amide bonds. The largest absolute Gasteiger partial charge is 0.494 e. The molecule has 0 aliphatic heterocycles. The van der Waals surface area contributed by atoms with E-state index in [0.717, 1.165) is 6.42 Å². The standard InChI is InChI=1S/C9H13N3O2S/c1-3-5(2)10-4-6-7(13)11-9(15)12-8(6)14/h4-5H,3H2,1-2H3,(H3,11,12,13,14,15)/t5-/m1/s1. The minimum absolute atomic E-state index is 0.0955. The van der Waals surface area contributed by atoms with Gasteiger partial charge in [-0.1, -0.05) is 6.92 Å². The summed E-state index contributed by atoms with van der Waals surface area (Å²) >= 11 is 4.69. The van der Waals surface area contributed by atoms with Crippen molar-refractivity contribution in [1.29, 1.82) is 0 Å². The number of H-pyrrole nitrogens is 2. The van der Waals surface area contributed by atoms with Crippen molar-refractivity contribution >= 4 is 18.4 Å². The van der Waals surface area contributed by atoms with Crippen LogP contribution in [-0.2, 0) is 0 Å². The highest BCUT2D eigenvalue weighted by Crippen LogP contribution is 2.04. The van der Waals surface area contributed by atoms with Crippen LogP contribution in [0.25, 0.3) is 0 Å². The van der Waals surface area contributed by atoms with Crippen LogP contribution >= 0.6 is 12.2 Å². The van der Waals surface area contributed by atoms with Gasteiger partial charge in [0.05, 0.1) is 0 Å². The highest BCUT2D eigenvalue weighted by Gasteiger charge is 2.04. The van der Waals surface area contributed by atoms with E-state index in [4.69, 9.17) is 0 Å². The molecule has 1 atom stereocenters. The van der Waals surface area contributed by atoms with Crippen molar-refractivity contribution in [3.05, 3.63) is 20.7 Å². The van der Waals surface area contributed by atoms with Gasteiger partial charge >= 0.3 is 0 Å². The van der Waals surface area contributed by atoms with Crippen LogP contribution < -0.4 is 5.56 Å². The quantitative estimate of drug-likeness (QED) is 0.538. The SMILES string of the molecule is CC[C@@H](C)N=Cc1c(O)[nH]c(=S)[nH]c1=O. The van der Waals surface area contributed by atoms with Gasteiger partial charge in [0.2, 0.25) is 5.88 Å². The Hall–Kier alpha value is -1.43. The molecule has 82 valence electrons. The molecule has 5 nitrogen and oxygen atoms in total. The second-order valence-corrected chi connectivity index (χ2v) is 3.61. The highest BCUT2D eigenvalue weighted by atomic mass is 32.1. The molecule has 3 N–H and O–H groups in total. The van der Waals surface area contributed by atoms with E-state index >= 15 is 0 Å². The van der Waals surface area contributed by atoms with Crippen LogP contribution in [0.2, 0.25) is 0 Å². The lowest BCUT2D eigenvalue weighted by Crippen LogP contribution is -2.14. The smallest absolute Gasteiger partial charge is 0.264 e. The Bertz CT molecular complexity index is 475. The summed E-state index contributed by atoms with van der Waals surface area (Å²) in [7, 11) is 0. The number of nitrogens with zero attached hydrogens (tertiary/aromatic N) is 1. The average Bonchev–Trinajstić information content (AvgIpc) is 2.15. The zero-order valence-corrected chi connectivity index (χ0v) is 9.39. The summed E-state index contributed by atoms with van der Waals surface area (Å²) in [6.07, 6.45) is 2.23. The second-order valence-electron chi connectivity index (χ2n) is 3.21. The van der Waals surface area contributed by atoms with Gasteiger partial charge in [-0.3, -0.25) is 14.8 Å². The minimum atomic E-state index is -0.441. The van der Waals surface area contributed by atoms with E-state index in [1.54, 1.807) is 0 Å². The molecule has 0 bridgehead atoms. The van der Waals surface area contributed by atoms with Crippen LogP contribution in [0.4, 0.5) is 0 Å². The minimum Gasteiger partial charge on any atom is -0.494 e. The number of nitrogens with one attached hydrogen (secondary N) is 2. The summed E-state index contributed by atoms with van der Waals surface area (Å²) in [5, 5.41) is 9.42. The second kappa shape index (κ2) is 4.88. The summed E-state index contributed by atoms with van der Waals surface area (Å²) in [5.74, 6) is -0.254. The maximum atomic E-state index is 11.4. The van der Waals surface area contributed by atoms with Crippen molar-refractivity contribution in [2.24, 2.45) is 4.99 Å². The molecule has 0 saturated heterocycles. The third kappa shape index (κ3) is 3.02. The van der Waals surface area contributed by atoms with Gasteiger partial charge in [-0.2, -0.15) is 0 Å². The van der Waals surface area contributed by atoms with Crippen LogP contribution in [-0.4, -0.2) is 27.3 Å². The first kappa shape index (κ1) is 11.6. The topological polar surface area (TPSA) is 81.2 Å². The van der Waals surface area contributed by atoms with Gasteiger partial charge in [0.25, 0.3) is 5.56 Å². The first-order valence-electron chi connectivity index (χ1n) is 4.63. The number of hydrogen-bond donors (Lipinski definition) is 3. The fourth-order valence-electron chi connectivity index (χ4n) is 0.911. The van der Waals surface area contributed by atoms with E-state index in [2.05, 4.69) is 27.2 Å². The van der Waals surface area contributed by atoms with Crippen molar-refractivity contribution in [3.8, 4) is 5.88 Å². The lowest BCUT2D eigenvalue weighted by atomic mass is 10.3. The average molecular weight is 227 g/mol. The number of rotatable bonds is 3. The molecule has 0 unspecified atom stereocenters. The van der Waals surface area contributed by atoms with E-state index in [9.17, 15) is 9.90 Å². The molecule has 1 heterocycles. The van der Waals surface area contributed by atoms with E-state index < -0.39 is 5.56 Å². The third-order valence-corrected chi connectivity index (χ3v) is 2.21. The highest BCUT2D eigenvalue weighted by molar-refractivity contribution is 7.71. The molecule has 0 spiro atoms. The van der Waals surface area contributed by atoms with Gasteiger partial charge in [-0.15, -0.1) is 0 Å².